The largest absolute Gasteiger partial charge is 0.459 e. The SMILES string of the molecule is Cc1ccoc1C(=O)N[C@H]1CCSc2ccc(F)cc21. The van der Waals surface area contributed by atoms with Crippen LogP contribution in [0, 0.1) is 12.7 Å². The minimum absolute atomic E-state index is 0.168. The van der Waals surface area contributed by atoms with Crippen molar-refractivity contribution in [1.82, 2.24) is 5.32 Å². The van der Waals surface area contributed by atoms with Crippen molar-refractivity contribution >= 4 is 17.7 Å². The standard InChI is InChI=1S/C15H14FNO2S/c1-9-4-6-19-14(9)15(18)17-12-5-7-20-13-3-2-10(16)8-11(12)13/h2-4,6,8,12H,5,7H2,1H3,(H,17,18)/t12-/m0/s1. The highest BCUT2D eigenvalue weighted by molar-refractivity contribution is 7.99. The highest BCUT2D eigenvalue weighted by Gasteiger charge is 2.24. The fourth-order valence-corrected chi connectivity index (χ4v) is 3.45. The molecule has 0 aliphatic carbocycles. The molecule has 1 aliphatic rings. The third-order valence-electron chi connectivity index (χ3n) is 3.38. The molecule has 1 aromatic heterocycles. The van der Waals surface area contributed by atoms with Crippen molar-refractivity contribution in [2.45, 2.75) is 24.3 Å². The van der Waals surface area contributed by atoms with Crippen LogP contribution in [0.5, 0.6) is 0 Å². The minimum Gasteiger partial charge on any atom is -0.459 e. The molecule has 0 saturated carbocycles. The molecule has 0 fully saturated rings. The number of hydrogen-bond donors (Lipinski definition) is 1. The number of rotatable bonds is 2. The van der Waals surface area contributed by atoms with Gasteiger partial charge in [0, 0.05) is 16.2 Å². The number of furan rings is 1. The van der Waals surface area contributed by atoms with E-state index in [0.29, 0.717) is 5.76 Å². The monoisotopic (exact) mass is 291 g/mol. The zero-order valence-electron chi connectivity index (χ0n) is 11.0. The van der Waals surface area contributed by atoms with E-state index < -0.39 is 0 Å². The van der Waals surface area contributed by atoms with E-state index in [4.69, 9.17) is 4.42 Å². The first kappa shape index (κ1) is 13.2. The molecule has 0 radical (unpaired) electrons. The summed E-state index contributed by atoms with van der Waals surface area (Å²) in [6, 6.07) is 6.30. The third kappa shape index (κ3) is 2.45. The normalized spacial score (nSPS) is 17.6. The lowest BCUT2D eigenvalue weighted by molar-refractivity contribution is 0.0906. The molecule has 3 rings (SSSR count). The molecule has 0 spiro atoms. The Kier molecular flexibility index (Phi) is 3.53. The van der Waals surface area contributed by atoms with Crippen LogP contribution in [0.15, 0.2) is 39.8 Å². The predicted octanol–water partition coefficient (Wildman–Crippen LogP) is 3.69. The number of fused-ring (bicyclic) bond motifs is 1. The van der Waals surface area contributed by atoms with E-state index in [1.165, 1.54) is 18.4 Å². The molecular weight excluding hydrogens is 277 g/mol. The lowest BCUT2D eigenvalue weighted by Gasteiger charge is -2.25. The molecule has 2 aromatic rings. The van der Waals surface area contributed by atoms with Crippen molar-refractivity contribution in [1.29, 1.82) is 0 Å². The smallest absolute Gasteiger partial charge is 0.287 e. The Balaban J connectivity index is 1.85. The van der Waals surface area contributed by atoms with Gasteiger partial charge in [-0.2, -0.15) is 0 Å². The summed E-state index contributed by atoms with van der Waals surface area (Å²) in [4.78, 5) is 13.2. The van der Waals surface area contributed by atoms with Crippen molar-refractivity contribution in [2.75, 3.05) is 5.75 Å². The summed E-state index contributed by atoms with van der Waals surface area (Å²) in [7, 11) is 0. The van der Waals surface area contributed by atoms with E-state index in [9.17, 15) is 9.18 Å². The number of thioether (sulfide) groups is 1. The van der Waals surface area contributed by atoms with Gasteiger partial charge >= 0.3 is 0 Å². The number of aryl methyl sites for hydroxylation is 1. The van der Waals surface area contributed by atoms with Gasteiger partial charge in [-0.15, -0.1) is 11.8 Å². The number of benzene rings is 1. The molecule has 1 amide bonds. The second-order valence-electron chi connectivity index (χ2n) is 4.78. The predicted molar refractivity (Wildman–Crippen MR) is 75.4 cm³/mol. The Morgan fingerprint density at radius 1 is 1.45 bits per heavy atom. The summed E-state index contributed by atoms with van der Waals surface area (Å²) < 4.78 is 18.6. The molecule has 3 nitrogen and oxygen atoms in total. The van der Waals surface area contributed by atoms with Gasteiger partial charge in [0.2, 0.25) is 0 Å². The number of nitrogens with one attached hydrogen (secondary N) is 1. The number of amides is 1. The molecule has 104 valence electrons. The van der Waals surface area contributed by atoms with Gasteiger partial charge < -0.3 is 9.73 Å². The fourth-order valence-electron chi connectivity index (χ4n) is 2.34. The highest BCUT2D eigenvalue weighted by atomic mass is 32.2. The summed E-state index contributed by atoms with van der Waals surface area (Å²) in [5.74, 6) is 0.696. The Morgan fingerprint density at radius 2 is 2.30 bits per heavy atom. The van der Waals surface area contributed by atoms with Crippen LogP contribution in [0.1, 0.15) is 34.1 Å². The fraction of sp³-hybridized carbons (Fsp3) is 0.267. The topological polar surface area (TPSA) is 42.2 Å². The van der Waals surface area contributed by atoms with E-state index >= 15 is 0 Å². The van der Waals surface area contributed by atoms with Crippen LogP contribution in [-0.2, 0) is 0 Å². The van der Waals surface area contributed by atoms with Gasteiger partial charge in [-0.3, -0.25) is 4.79 Å². The number of halogens is 1. The van der Waals surface area contributed by atoms with Crippen molar-refractivity contribution in [3.63, 3.8) is 0 Å². The molecule has 1 aromatic carbocycles. The zero-order valence-corrected chi connectivity index (χ0v) is 11.8. The molecule has 5 heteroatoms. The Morgan fingerprint density at radius 3 is 3.05 bits per heavy atom. The van der Waals surface area contributed by atoms with Gasteiger partial charge in [-0.05, 0) is 43.2 Å². The third-order valence-corrected chi connectivity index (χ3v) is 4.51. The summed E-state index contributed by atoms with van der Waals surface area (Å²) in [6.45, 7) is 1.82. The lowest BCUT2D eigenvalue weighted by atomic mass is 10.0. The number of hydrogen-bond acceptors (Lipinski definition) is 3. The summed E-state index contributed by atoms with van der Waals surface area (Å²) in [5, 5.41) is 2.93. The second-order valence-corrected chi connectivity index (χ2v) is 5.91. The van der Waals surface area contributed by atoms with Gasteiger partial charge in [0.05, 0.1) is 12.3 Å². The van der Waals surface area contributed by atoms with Gasteiger partial charge in [-0.25, -0.2) is 4.39 Å². The van der Waals surface area contributed by atoms with Crippen LogP contribution in [0.4, 0.5) is 4.39 Å². The average Bonchev–Trinajstić information content (AvgIpc) is 2.86. The summed E-state index contributed by atoms with van der Waals surface area (Å²) in [6.07, 6.45) is 2.28. The number of carbonyl (C=O) groups excluding carboxylic acids is 1. The number of carbonyl (C=O) groups is 1. The molecular formula is C15H14FNO2S. The van der Waals surface area contributed by atoms with E-state index in [1.54, 1.807) is 23.9 Å². The summed E-state index contributed by atoms with van der Waals surface area (Å²) >= 11 is 1.69. The van der Waals surface area contributed by atoms with Crippen LogP contribution in [0.2, 0.25) is 0 Å². The van der Waals surface area contributed by atoms with Gasteiger partial charge in [-0.1, -0.05) is 0 Å². The maximum absolute atomic E-state index is 13.4. The average molecular weight is 291 g/mol. The van der Waals surface area contributed by atoms with Gasteiger partial charge in [0.1, 0.15) is 5.82 Å². The quantitative estimate of drug-likeness (QED) is 0.917. The van der Waals surface area contributed by atoms with Gasteiger partial charge in [0.25, 0.3) is 5.91 Å². The van der Waals surface area contributed by atoms with Gasteiger partial charge in [0.15, 0.2) is 5.76 Å². The van der Waals surface area contributed by atoms with Crippen molar-refractivity contribution < 1.29 is 13.6 Å². The van der Waals surface area contributed by atoms with E-state index in [2.05, 4.69) is 5.32 Å². The molecule has 1 aliphatic heterocycles. The maximum atomic E-state index is 13.4. The molecule has 2 heterocycles. The summed E-state index contributed by atoms with van der Waals surface area (Å²) in [5.41, 5.74) is 1.64. The molecule has 1 atom stereocenters. The Hall–Kier alpha value is -1.75. The zero-order chi connectivity index (χ0) is 14.1. The Labute approximate surface area is 120 Å². The Bertz CT molecular complexity index is 653. The maximum Gasteiger partial charge on any atom is 0.287 e. The molecule has 0 unspecified atom stereocenters. The van der Waals surface area contributed by atoms with Crippen LogP contribution in [0.25, 0.3) is 0 Å². The van der Waals surface area contributed by atoms with Crippen LogP contribution >= 0.6 is 11.8 Å². The van der Waals surface area contributed by atoms with E-state index in [1.807, 2.05) is 6.92 Å². The molecule has 0 saturated heterocycles. The first-order valence-corrected chi connectivity index (χ1v) is 7.41. The first-order valence-electron chi connectivity index (χ1n) is 6.42. The lowest BCUT2D eigenvalue weighted by Crippen LogP contribution is -2.30. The van der Waals surface area contributed by atoms with Crippen LogP contribution in [-0.4, -0.2) is 11.7 Å². The van der Waals surface area contributed by atoms with E-state index in [0.717, 1.165) is 28.2 Å². The highest BCUT2D eigenvalue weighted by Crippen LogP contribution is 2.36. The van der Waals surface area contributed by atoms with Crippen molar-refractivity contribution in [3.8, 4) is 0 Å². The molecule has 20 heavy (non-hydrogen) atoms. The van der Waals surface area contributed by atoms with Crippen LogP contribution < -0.4 is 5.32 Å². The van der Waals surface area contributed by atoms with Crippen molar-refractivity contribution in [3.05, 3.63) is 53.2 Å². The second kappa shape index (κ2) is 5.32. The molecule has 0 bridgehead atoms. The minimum atomic E-state index is -0.278. The molecule has 1 N–H and O–H groups in total. The van der Waals surface area contributed by atoms with E-state index in [-0.39, 0.29) is 17.8 Å². The first-order chi connectivity index (χ1) is 9.65. The van der Waals surface area contributed by atoms with Crippen molar-refractivity contribution in [2.24, 2.45) is 0 Å². The van der Waals surface area contributed by atoms with Crippen LogP contribution in [0.3, 0.4) is 0 Å².